The third-order valence-electron chi connectivity index (χ3n) is 2.81. The van der Waals surface area contributed by atoms with Crippen LogP contribution in [-0.2, 0) is 0 Å². The van der Waals surface area contributed by atoms with Crippen LogP contribution in [0.5, 0.6) is 5.75 Å². The smallest absolute Gasteiger partial charge is 0.119 e. The number of hydrogen-bond donors (Lipinski definition) is 2. The summed E-state index contributed by atoms with van der Waals surface area (Å²) in [5.74, 6) is 0.474. The zero-order chi connectivity index (χ0) is 11.5. The zero-order valence-corrected chi connectivity index (χ0v) is 9.22. The molecule has 1 atom stereocenters. The number of para-hydroxylation sites is 1. The Kier molecular flexibility index (Phi) is 2.82. The topological polar surface area (TPSA) is 46.2 Å². The average Bonchev–Trinajstić information content (AvgIpc) is 2.29. The fourth-order valence-corrected chi connectivity index (χ4v) is 1.86. The molecule has 0 aliphatic rings. The van der Waals surface area contributed by atoms with Gasteiger partial charge in [0, 0.05) is 17.2 Å². The minimum Gasteiger partial charge on any atom is -0.508 e. The van der Waals surface area contributed by atoms with Crippen LogP contribution in [0.1, 0.15) is 24.0 Å². The maximum absolute atomic E-state index is 9.78. The highest BCUT2D eigenvalue weighted by molar-refractivity contribution is 5.46. The van der Waals surface area contributed by atoms with Crippen LogP contribution in [-0.4, -0.2) is 5.11 Å². The predicted molar refractivity (Wildman–Crippen MR) is 66.5 cm³/mol. The van der Waals surface area contributed by atoms with Crippen LogP contribution in [0, 0.1) is 0 Å². The zero-order valence-electron chi connectivity index (χ0n) is 9.22. The molecule has 16 heavy (non-hydrogen) atoms. The van der Waals surface area contributed by atoms with Crippen molar-refractivity contribution in [3.05, 3.63) is 59.7 Å². The number of nitrogens with two attached hydrogens (primary N) is 1. The van der Waals surface area contributed by atoms with Crippen molar-refractivity contribution in [2.45, 2.75) is 12.8 Å². The Hall–Kier alpha value is -1.96. The molecule has 2 aromatic carbocycles. The van der Waals surface area contributed by atoms with E-state index in [9.17, 15) is 5.11 Å². The minimum atomic E-state index is 0.143. The van der Waals surface area contributed by atoms with Crippen molar-refractivity contribution in [1.82, 2.24) is 0 Å². The van der Waals surface area contributed by atoms with Gasteiger partial charge < -0.3 is 10.8 Å². The van der Waals surface area contributed by atoms with Gasteiger partial charge in [0.15, 0.2) is 0 Å². The second-order valence-electron chi connectivity index (χ2n) is 3.95. The van der Waals surface area contributed by atoms with E-state index >= 15 is 0 Å². The van der Waals surface area contributed by atoms with Crippen LogP contribution in [0.4, 0.5) is 5.69 Å². The van der Waals surface area contributed by atoms with Gasteiger partial charge in [-0.2, -0.15) is 0 Å². The highest BCUT2D eigenvalue weighted by Gasteiger charge is 2.11. The van der Waals surface area contributed by atoms with Gasteiger partial charge in [0.25, 0.3) is 0 Å². The summed E-state index contributed by atoms with van der Waals surface area (Å²) in [6.07, 6.45) is 0. The van der Waals surface area contributed by atoms with Crippen molar-refractivity contribution in [2.75, 3.05) is 5.73 Å². The molecular formula is C14H15NO. The first-order chi connectivity index (χ1) is 7.68. The van der Waals surface area contributed by atoms with Gasteiger partial charge in [-0.15, -0.1) is 0 Å². The van der Waals surface area contributed by atoms with E-state index in [1.807, 2.05) is 42.5 Å². The maximum Gasteiger partial charge on any atom is 0.119 e. The third kappa shape index (κ3) is 2.01. The Labute approximate surface area is 95.4 Å². The molecule has 0 saturated heterocycles. The summed E-state index contributed by atoms with van der Waals surface area (Å²) in [5.41, 5.74) is 8.54. The molecule has 0 radical (unpaired) electrons. The molecule has 0 bridgehead atoms. The van der Waals surface area contributed by atoms with E-state index in [0.717, 1.165) is 16.8 Å². The summed E-state index contributed by atoms with van der Waals surface area (Å²) in [4.78, 5) is 0. The molecule has 0 heterocycles. The summed E-state index contributed by atoms with van der Waals surface area (Å²) < 4.78 is 0. The van der Waals surface area contributed by atoms with Gasteiger partial charge in [-0.25, -0.2) is 0 Å². The summed E-state index contributed by atoms with van der Waals surface area (Å²) in [7, 11) is 0. The molecule has 0 saturated carbocycles. The van der Waals surface area contributed by atoms with E-state index in [2.05, 4.69) is 6.92 Å². The molecule has 0 aromatic heterocycles. The lowest BCUT2D eigenvalue weighted by atomic mass is 9.92. The molecule has 2 aromatic rings. The summed E-state index contributed by atoms with van der Waals surface area (Å²) in [6.45, 7) is 2.06. The van der Waals surface area contributed by atoms with Gasteiger partial charge in [0.05, 0.1) is 0 Å². The Balaban J connectivity index is 2.39. The molecule has 0 amide bonds. The molecule has 82 valence electrons. The number of hydrogen-bond acceptors (Lipinski definition) is 2. The quantitative estimate of drug-likeness (QED) is 0.753. The van der Waals surface area contributed by atoms with Gasteiger partial charge in [-0.3, -0.25) is 0 Å². The fraction of sp³-hybridized carbons (Fsp3) is 0.143. The number of nitrogen functional groups attached to an aromatic ring is 1. The van der Waals surface area contributed by atoms with Gasteiger partial charge in [-0.1, -0.05) is 37.3 Å². The SMILES string of the molecule is CC(c1cccc(N)c1)c1ccccc1O. The second kappa shape index (κ2) is 4.27. The van der Waals surface area contributed by atoms with Crippen LogP contribution in [0.25, 0.3) is 0 Å². The largest absolute Gasteiger partial charge is 0.508 e. The fourth-order valence-electron chi connectivity index (χ4n) is 1.86. The molecule has 2 heteroatoms. The first kappa shape index (κ1) is 10.6. The van der Waals surface area contributed by atoms with Crippen molar-refractivity contribution in [1.29, 1.82) is 0 Å². The summed E-state index contributed by atoms with van der Waals surface area (Å²) in [5, 5.41) is 9.78. The van der Waals surface area contributed by atoms with Crippen LogP contribution in [0.2, 0.25) is 0 Å². The molecular weight excluding hydrogens is 198 g/mol. The van der Waals surface area contributed by atoms with Crippen molar-refractivity contribution in [2.24, 2.45) is 0 Å². The number of aromatic hydroxyl groups is 1. The number of phenols is 1. The van der Waals surface area contributed by atoms with Crippen LogP contribution in [0.3, 0.4) is 0 Å². The molecule has 1 unspecified atom stereocenters. The standard InChI is InChI=1S/C14H15NO/c1-10(11-5-4-6-12(15)9-11)13-7-2-3-8-14(13)16/h2-10,16H,15H2,1H3. The first-order valence-electron chi connectivity index (χ1n) is 5.32. The van der Waals surface area contributed by atoms with E-state index in [0.29, 0.717) is 5.75 Å². The number of benzene rings is 2. The van der Waals surface area contributed by atoms with E-state index in [4.69, 9.17) is 5.73 Å². The first-order valence-corrected chi connectivity index (χ1v) is 5.32. The van der Waals surface area contributed by atoms with Crippen molar-refractivity contribution in [3.8, 4) is 5.75 Å². The predicted octanol–water partition coefficient (Wildman–Crippen LogP) is 3.13. The molecule has 0 aliphatic carbocycles. The summed E-state index contributed by atoms with van der Waals surface area (Å²) in [6, 6.07) is 15.1. The molecule has 0 spiro atoms. The Morgan fingerprint density at radius 1 is 1.06 bits per heavy atom. The van der Waals surface area contributed by atoms with Crippen LogP contribution < -0.4 is 5.73 Å². The van der Waals surface area contributed by atoms with Gasteiger partial charge in [-0.05, 0) is 23.8 Å². The van der Waals surface area contributed by atoms with E-state index in [1.165, 1.54) is 0 Å². The van der Waals surface area contributed by atoms with Crippen LogP contribution >= 0.6 is 0 Å². The van der Waals surface area contributed by atoms with Crippen molar-refractivity contribution < 1.29 is 5.11 Å². The maximum atomic E-state index is 9.78. The lowest BCUT2D eigenvalue weighted by molar-refractivity contribution is 0.466. The minimum absolute atomic E-state index is 0.143. The highest BCUT2D eigenvalue weighted by atomic mass is 16.3. The highest BCUT2D eigenvalue weighted by Crippen LogP contribution is 2.31. The number of phenolic OH excluding ortho intramolecular Hbond substituents is 1. The van der Waals surface area contributed by atoms with Gasteiger partial charge in [0.1, 0.15) is 5.75 Å². The van der Waals surface area contributed by atoms with E-state index in [1.54, 1.807) is 6.07 Å². The normalized spacial score (nSPS) is 12.3. The second-order valence-corrected chi connectivity index (χ2v) is 3.95. The average molecular weight is 213 g/mol. The lowest BCUT2D eigenvalue weighted by Crippen LogP contribution is -1.97. The van der Waals surface area contributed by atoms with Crippen molar-refractivity contribution >= 4 is 5.69 Å². The monoisotopic (exact) mass is 213 g/mol. The third-order valence-corrected chi connectivity index (χ3v) is 2.81. The number of anilines is 1. The van der Waals surface area contributed by atoms with E-state index in [-0.39, 0.29) is 5.92 Å². The Morgan fingerprint density at radius 2 is 1.81 bits per heavy atom. The van der Waals surface area contributed by atoms with E-state index < -0.39 is 0 Å². The molecule has 3 N–H and O–H groups in total. The Bertz CT molecular complexity index is 494. The molecule has 2 nitrogen and oxygen atoms in total. The molecule has 2 rings (SSSR count). The van der Waals surface area contributed by atoms with Gasteiger partial charge >= 0.3 is 0 Å². The lowest BCUT2D eigenvalue weighted by Gasteiger charge is -2.14. The molecule has 0 aliphatic heterocycles. The van der Waals surface area contributed by atoms with Crippen LogP contribution in [0.15, 0.2) is 48.5 Å². The Morgan fingerprint density at radius 3 is 2.50 bits per heavy atom. The van der Waals surface area contributed by atoms with Crippen molar-refractivity contribution in [3.63, 3.8) is 0 Å². The summed E-state index contributed by atoms with van der Waals surface area (Å²) >= 11 is 0. The molecule has 0 fully saturated rings. The van der Waals surface area contributed by atoms with Gasteiger partial charge in [0.2, 0.25) is 0 Å². The number of rotatable bonds is 2.